The number of benzene rings is 3. The Balaban J connectivity index is 1.62. The molecule has 162 valence electrons. The van der Waals surface area contributed by atoms with Gasteiger partial charge in [0, 0.05) is 0 Å². The molecule has 0 radical (unpaired) electrons. The van der Waals surface area contributed by atoms with E-state index < -0.39 is 17.8 Å². The maximum absolute atomic E-state index is 13.7. The Bertz CT molecular complexity index is 1620. The van der Waals surface area contributed by atoms with Crippen molar-refractivity contribution in [3.63, 3.8) is 0 Å². The van der Waals surface area contributed by atoms with Crippen molar-refractivity contribution in [1.29, 1.82) is 0 Å². The van der Waals surface area contributed by atoms with E-state index in [-0.39, 0.29) is 16.8 Å². The second-order valence-corrected chi connectivity index (χ2v) is 8.64. The Morgan fingerprint density at radius 3 is 2.64 bits per heavy atom. The van der Waals surface area contributed by atoms with E-state index in [4.69, 9.17) is 9.15 Å². The van der Waals surface area contributed by atoms with Crippen molar-refractivity contribution in [3.05, 3.63) is 99.7 Å². The largest absolute Gasteiger partial charge is 0.497 e. The molecule has 0 unspecified atom stereocenters. The average molecular weight is 458 g/mol. The zero-order chi connectivity index (χ0) is 22.7. The molecule has 1 aliphatic rings. The van der Waals surface area contributed by atoms with Crippen molar-refractivity contribution >= 4 is 43.6 Å². The van der Waals surface area contributed by atoms with E-state index in [0.29, 0.717) is 32.9 Å². The van der Waals surface area contributed by atoms with Gasteiger partial charge in [-0.15, -0.1) is 0 Å². The van der Waals surface area contributed by atoms with Gasteiger partial charge in [-0.2, -0.15) is 0 Å². The van der Waals surface area contributed by atoms with Gasteiger partial charge in [-0.25, -0.2) is 9.37 Å². The van der Waals surface area contributed by atoms with E-state index in [0.717, 1.165) is 4.70 Å². The third-order valence-electron chi connectivity index (χ3n) is 5.75. The molecule has 0 bridgehead atoms. The maximum atomic E-state index is 13.7. The highest BCUT2D eigenvalue weighted by Crippen LogP contribution is 2.44. The third-order valence-corrected chi connectivity index (χ3v) is 6.77. The van der Waals surface area contributed by atoms with Crippen molar-refractivity contribution in [2.45, 2.75) is 6.04 Å². The van der Waals surface area contributed by atoms with Gasteiger partial charge in [-0.1, -0.05) is 35.6 Å². The van der Waals surface area contributed by atoms with Gasteiger partial charge in [0.15, 0.2) is 10.6 Å². The Hall–Kier alpha value is -4.04. The molecule has 0 saturated heterocycles. The molecule has 0 aliphatic carbocycles. The van der Waals surface area contributed by atoms with Crippen LogP contribution in [-0.4, -0.2) is 18.0 Å². The lowest BCUT2D eigenvalue weighted by atomic mass is 9.99. The van der Waals surface area contributed by atoms with E-state index in [9.17, 15) is 14.0 Å². The van der Waals surface area contributed by atoms with Crippen molar-refractivity contribution in [1.82, 2.24) is 4.98 Å². The normalized spacial score (nSPS) is 15.4. The van der Waals surface area contributed by atoms with Gasteiger partial charge in [-0.3, -0.25) is 14.5 Å². The fourth-order valence-corrected chi connectivity index (χ4v) is 5.22. The summed E-state index contributed by atoms with van der Waals surface area (Å²) in [6.07, 6.45) is 0. The van der Waals surface area contributed by atoms with Crippen molar-refractivity contribution in [2.75, 3.05) is 12.0 Å². The molecule has 33 heavy (non-hydrogen) atoms. The molecule has 5 aromatic rings. The molecule has 3 heterocycles. The summed E-state index contributed by atoms with van der Waals surface area (Å²) in [6.45, 7) is 0. The number of para-hydroxylation sites is 1. The van der Waals surface area contributed by atoms with E-state index in [2.05, 4.69) is 4.98 Å². The van der Waals surface area contributed by atoms with Gasteiger partial charge < -0.3 is 9.15 Å². The zero-order valence-corrected chi connectivity index (χ0v) is 18.1. The fourth-order valence-electron chi connectivity index (χ4n) is 4.20. The quantitative estimate of drug-likeness (QED) is 0.367. The molecular formula is C25H15FN2O4S. The molecule has 6 nitrogen and oxygen atoms in total. The minimum absolute atomic E-state index is 0.0233. The van der Waals surface area contributed by atoms with Crippen molar-refractivity contribution in [2.24, 2.45) is 0 Å². The van der Waals surface area contributed by atoms with Gasteiger partial charge in [-0.05, 0) is 48.0 Å². The highest BCUT2D eigenvalue weighted by Gasteiger charge is 2.45. The number of ether oxygens (including phenoxy) is 1. The van der Waals surface area contributed by atoms with Crippen LogP contribution in [0.25, 0.3) is 21.2 Å². The van der Waals surface area contributed by atoms with Crippen LogP contribution in [0.4, 0.5) is 9.52 Å². The van der Waals surface area contributed by atoms with Crippen LogP contribution in [0, 0.1) is 5.82 Å². The van der Waals surface area contributed by atoms with E-state index in [1.807, 2.05) is 12.1 Å². The lowest BCUT2D eigenvalue weighted by Gasteiger charge is -2.22. The predicted molar refractivity (Wildman–Crippen MR) is 124 cm³/mol. The number of carbonyl (C=O) groups is 1. The van der Waals surface area contributed by atoms with Crippen LogP contribution in [0.2, 0.25) is 0 Å². The van der Waals surface area contributed by atoms with Gasteiger partial charge in [0.1, 0.15) is 17.1 Å². The fraction of sp³-hybridized carbons (Fsp3) is 0.0800. The molecular weight excluding hydrogens is 443 g/mol. The van der Waals surface area contributed by atoms with E-state index in [1.165, 1.54) is 28.4 Å². The number of hydrogen-bond donors (Lipinski definition) is 0. The van der Waals surface area contributed by atoms with Gasteiger partial charge in [0.05, 0.1) is 34.3 Å². The number of anilines is 1. The molecule has 1 atom stereocenters. The van der Waals surface area contributed by atoms with Crippen LogP contribution in [0.3, 0.4) is 0 Å². The Morgan fingerprint density at radius 2 is 1.85 bits per heavy atom. The molecule has 1 aliphatic heterocycles. The summed E-state index contributed by atoms with van der Waals surface area (Å²) in [5.74, 6) is -0.225. The number of methoxy groups -OCH3 is 1. The minimum Gasteiger partial charge on any atom is -0.497 e. The first-order chi connectivity index (χ1) is 16.0. The first kappa shape index (κ1) is 19.6. The summed E-state index contributed by atoms with van der Waals surface area (Å²) in [7, 11) is 1.58. The van der Waals surface area contributed by atoms with Gasteiger partial charge in [0.25, 0.3) is 5.91 Å². The molecule has 3 aromatic carbocycles. The molecule has 0 fully saturated rings. The highest BCUT2D eigenvalue weighted by atomic mass is 32.1. The number of carbonyl (C=O) groups excluding carboxylic acids is 1. The summed E-state index contributed by atoms with van der Waals surface area (Å²) >= 11 is 1.31. The minimum atomic E-state index is -0.795. The summed E-state index contributed by atoms with van der Waals surface area (Å²) < 4.78 is 25.7. The Labute approximate surface area is 190 Å². The smallest absolute Gasteiger partial charge is 0.297 e. The van der Waals surface area contributed by atoms with Crippen LogP contribution < -0.4 is 15.1 Å². The first-order valence-corrected chi connectivity index (χ1v) is 11.0. The van der Waals surface area contributed by atoms with E-state index >= 15 is 0 Å². The lowest BCUT2D eigenvalue weighted by molar-refractivity contribution is 0.0971. The predicted octanol–water partition coefficient (Wildman–Crippen LogP) is 5.30. The monoisotopic (exact) mass is 458 g/mol. The van der Waals surface area contributed by atoms with Crippen LogP contribution >= 0.6 is 11.3 Å². The van der Waals surface area contributed by atoms with Crippen LogP contribution in [-0.2, 0) is 0 Å². The van der Waals surface area contributed by atoms with Gasteiger partial charge in [0.2, 0.25) is 5.76 Å². The number of aromatic nitrogens is 1. The zero-order valence-electron chi connectivity index (χ0n) is 17.2. The van der Waals surface area contributed by atoms with Gasteiger partial charge >= 0.3 is 0 Å². The van der Waals surface area contributed by atoms with Crippen LogP contribution in [0.15, 0.2) is 75.9 Å². The number of nitrogens with zero attached hydrogens (tertiary/aromatic N) is 2. The number of amides is 1. The van der Waals surface area contributed by atoms with E-state index in [1.54, 1.807) is 49.6 Å². The second-order valence-electron chi connectivity index (χ2n) is 7.63. The molecule has 0 saturated carbocycles. The second kappa shape index (κ2) is 7.25. The van der Waals surface area contributed by atoms with Crippen molar-refractivity contribution in [3.8, 4) is 5.75 Å². The maximum Gasteiger partial charge on any atom is 0.297 e. The molecule has 1 amide bonds. The Kier molecular flexibility index (Phi) is 4.31. The standard InChI is InChI=1S/C25H15FN2O4S/c1-31-15-10-11-17-19(12-15)33-25(27-17)28-21(13-6-8-14(26)9-7-13)20-22(29)16-4-2-3-5-18(16)32-23(20)24(28)30/h2-12,21H,1H3/t21-/m0/s1. The molecule has 2 aromatic heterocycles. The summed E-state index contributed by atoms with van der Waals surface area (Å²) in [4.78, 5) is 33.2. The SMILES string of the molecule is COc1ccc2nc(N3C(=O)c4oc5ccccc5c(=O)c4[C@@H]3c3ccc(F)cc3)sc2c1. The summed E-state index contributed by atoms with van der Waals surface area (Å²) in [5.41, 5.74) is 1.55. The first-order valence-electron chi connectivity index (χ1n) is 10.1. The van der Waals surface area contributed by atoms with Crippen molar-refractivity contribution < 1.29 is 18.3 Å². The number of hydrogen-bond acceptors (Lipinski definition) is 6. The molecule has 6 rings (SSSR count). The third kappa shape index (κ3) is 2.95. The molecule has 0 N–H and O–H groups in total. The number of thiazole rings is 1. The summed E-state index contributed by atoms with van der Waals surface area (Å²) in [6, 6.07) is 17.2. The topological polar surface area (TPSA) is 72.6 Å². The number of fused-ring (bicyclic) bond motifs is 3. The van der Waals surface area contributed by atoms with Crippen LogP contribution in [0.1, 0.15) is 27.7 Å². The number of rotatable bonds is 3. The molecule has 0 spiro atoms. The Morgan fingerprint density at radius 1 is 1.06 bits per heavy atom. The lowest BCUT2D eigenvalue weighted by Crippen LogP contribution is -2.29. The highest BCUT2D eigenvalue weighted by molar-refractivity contribution is 7.22. The number of halogens is 1. The summed E-state index contributed by atoms with van der Waals surface area (Å²) in [5, 5.41) is 0.791. The van der Waals surface area contributed by atoms with Crippen LogP contribution in [0.5, 0.6) is 5.75 Å². The molecule has 8 heteroatoms. The average Bonchev–Trinajstić information content (AvgIpc) is 3.38.